The van der Waals surface area contributed by atoms with E-state index in [0.717, 1.165) is 26.4 Å². The molecule has 0 spiro atoms. The van der Waals surface area contributed by atoms with Crippen LogP contribution < -0.4 is 11.5 Å². The Morgan fingerprint density at radius 1 is 1.20 bits per heavy atom. The zero-order valence-electron chi connectivity index (χ0n) is 16.4. The third-order valence-corrected chi connectivity index (χ3v) is 6.66. The van der Waals surface area contributed by atoms with Gasteiger partial charge in [-0.1, -0.05) is 36.4 Å². The summed E-state index contributed by atoms with van der Waals surface area (Å²) in [6.07, 6.45) is 1.06. The number of nitrogens with two attached hydrogens (primary N) is 2. The predicted octanol–water partition coefficient (Wildman–Crippen LogP) is 3.59. The first-order chi connectivity index (χ1) is 14.3. The van der Waals surface area contributed by atoms with Crippen LogP contribution in [0.25, 0.3) is 32.0 Å². The molecule has 7 nitrogen and oxygen atoms in total. The molecule has 0 unspecified atom stereocenters. The van der Waals surface area contributed by atoms with Crippen molar-refractivity contribution in [2.45, 2.75) is 31.4 Å². The molecule has 2 heterocycles. The van der Waals surface area contributed by atoms with Crippen LogP contribution in [0, 0.1) is 0 Å². The normalized spacial score (nSPS) is 20.9. The smallest absolute Gasteiger partial charge is 0.254 e. The number of hydrogen-bond acceptors (Lipinski definition) is 6. The van der Waals surface area contributed by atoms with E-state index < -0.39 is 11.5 Å². The summed E-state index contributed by atoms with van der Waals surface area (Å²) in [5.41, 5.74) is 14.4. The van der Waals surface area contributed by atoms with Crippen molar-refractivity contribution in [3.8, 4) is 21.8 Å². The van der Waals surface area contributed by atoms with Gasteiger partial charge >= 0.3 is 0 Å². The summed E-state index contributed by atoms with van der Waals surface area (Å²) >= 11 is 1.61. The summed E-state index contributed by atoms with van der Waals surface area (Å²) in [5, 5.41) is 15.6. The van der Waals surface area contributed by atoms with Gasteiger partial charge in [0.25, 0.3) is 5.91 Å². The fraction of sp³-hybridized carbons (Fsp3) is 0.227. The first-order valence-corrected chi connectivity index (χ1v) is 10.5. The minimum Gasteiger partial charge on any atom is -0.390 e. The Labute approximate surface area is 177 Å². The highest BCUT2D eigenvalue weighted by Gasteiger charge is 2.41. The fourth-order valence-corrected chi connectivity index (χ4v) is 5.03. The molecule has 2 aromatic carbocycles. The highest BCUT2D eigenvalue weighted by Crippen LogP contribution is 2.43. The Morgan fingerprint density at radius 3 is 2.60 bits per heavy atom. The van der Waals surface area contributed by atoms with Crippen LogP contribution >= 0.6 is 11.3 Å². The van der Waals surface area contributed by atoms with E-state index in [9.17, 15) is 9.90 Å². The van der Waals surface area contributed by atoms with Crippen molar-refractivity contribution < 1.29 is 9.90 Å². The van der Waals surface area contributed by atoms with Crippen molar-refractivity contribution in [2.24, 2.45) is 5.73 Å². The number of carbonyl (C=O) groups is 1. The second-order valence-corrected chi connectivity index (χ2v) is 9.07. The molecule has 1 aliphatic rings. The summed E-state index contributed by atoms with van der Waals surface area (Å²) in [6.45, 7) is 1.78. The lowest BCUT2D eigenvalue weighted by Gasteiger charge is -2.41. The van der Waals surface area contributed by atoms with E-state index in [0.29, 0.717) is 18.5 Å². The number of hydrogen-bond donors (Lipinski definition) is 3. The fourth-order valence-electron chi connectivity index (χ4n) is 4.08. The summed E-state index contributed by atoms with van der Waals surface area (Å²) < 4.78 is 2.66. The van der Waals surface area contributed by atoms with Gasteiger partial charge < -0.3 is 16.6 Å². The molecule has 152 valence electrons. The molecular formula is C22H21N5O2S. The largest absolute Gasteiger partial charge is 0.390 e. The lowest BCUT2D eigenvalue weighted by Crippen LogP contribution is -2.42. The van der Waals surface area contributed by atoms with Crippen LogP contribution in [0.3, 0.4) is 0 Å². The van der Waals surface area contributed by atoms with Gasteiger partial charge in [-0.25, -0.2) is 9.67 Å². The number of aliphatic hydroxyl groups is 1. The lowest BCUT2D eigenvalue weighted by atomic mass is 9.77. The Kier molecular flexibility index (Phi) is 4.16. The van der Waals surface area contributed by atoms with E-state index in [4.69, 9.17) is 16.5 Å². The Balaban J connectivity index is 1.58. The number of benzene rings is 2. The van der Waals surface area contributed by atoms with Crippen molar-refractivity contribution in [3.63, 3.8) is 0 Å². The van der Waals surface area contributed by atoms with E-state index in [1.54, 1.807) is 22.9 Å². The topological polar surface area (TPSA) is 120 Å². The van der Waals surface area contributed by atoms with E-state index in [-0.39, 0.29) is 17.4 Å². The SMILES string of the molecule is CC1(O)CC(n2nc(-c3ccc4sc(-c5ccccc5)nc4c3)c(C(N)=O)c2N)C1. The summed E-state index contributed by atoms with van der Waals surface area (Å²) in [4.78, 5) is 16.9. The molecular weight excluding hydrogens is 398 g/mol. The van der Waals surface area contributed by atoms with Gasteiger partial charge in [0.2, 0.25) is 0 Å². The number of primary amides is 1. The van der Waals surface area contributed by atoms with Crippen molar-refractivity contribution in [3.05, 3.63) is 54.1 Å². The first kappa shape index (κ1) is 18.8. The molecule has 2 aromatic heterocycles. The van der Waals surface area contributed by atoms with Crippen molar-refractivity contribution >= 4 is 33.3 Å². The minimum atomic E-state index is -0.733. The van der Waals surface area contributed by atoms with E-state index in [1.807, 2.05) is 48.5 Å². The molecule has 5 rings (SSSR count). The first-order valence-electron chi connectivity index (χ1n) is 9.69. The van der Waals surface area contributed by atoms with Gasteiger partial charge in [0.05, 0.1) is 21.9 Å². The summed E-state index contributed by atoms with van der Waals surface area (Å²) in [5.74, 6) is -0.385. The number of thiazole rings is 1. The van der Waals surface area contributed by atoms with Crippen LogP contribution in [-0.2, 0) is 0 Å². The molecule has 8 heteroatoms. The number of anilines is 1. The van der Waals surface area contributed by atoms with E-state index in [2.05, 4.69) is 5.10 Å². The van der Waals surface area contributed by atoms with Gasteiger partial charge in [0, 0.05) is 11.1 Å². The van der Waals surface area contributed by atoms with Crippen molar-refractivity contribution in [1.29, 1.82) is 0 Å². The lowest BCUT2D eigenvalue weighted by molar-refractivity contribution is -0.0535. The van der Waals surface area contributed by atoms with Gasteiger partial charge in [-0.2, -0.15) is 5.10 Å². The van der Waals surface area contributed by atoms with Crippen LogP contribution in [-0.4, -0.2) is 31.4 Å². The highest BCUT2D eigenvalue weighted by atomic mass is 32.1. The van der Waals surface area contributed by atoms with Gasteiger partial charge in [0.1, 0.15) is 22.1 Å². The number of amides is 1. The van der Waals surface area contributed by atoms with Crippen LogP contribution in [0.15, 0.2) is 48.5 Å². The van der Waals surface area contributed by atoms with Crippen molar-refractivity contribution in [1.82, 2.24) is 14.8 Å². The molecule has 1 amide bonds. The maximum atomic E-state index is 12.2. The molecule has 0 saturated heterocycles. The molecule has 0 radical (unpaired) electrons. The van der Waals surface area contributed by atoms with Gasteiger partial charge in [-0.05, 0) is 31.9 Å². The third-order valence-electron chi connectivity index (χ3n) is 5.57. The number of rotatable bonds is 4. The van der Waals surface area contributed by atoms with Gasteiger partial charge in [-0.3, -0.25) is 4.79 Å². The van der Waals surface area contributed by atoms with Crippen LogP contribution in [0.5, 0.6) is 0 Å². The zero-order chi connectivity index (χ0) is 21.0. The molecule has 0 aliphatic heterocycles. The summed E-state index contributed by atoms with van der Waals surface area (Å²) in [6, 6.07) is 15.7. The number of carbonyl (C=O) groups excluding carboxylic acids is 1. The Bertz CT molecular complexity index is 1270. The van der Waals surface area contributed by atoms with Crippen molar-refractivity contribution in [2.75, 3.05) is 5.73 Å². The third kappa shape index (κ3) is 3.05. The molecule has 0 atom stereocenters. The highest BCUT2D eigenvalue weighted by molar-refractivity contribution is 7.21. The molecule has 30 heavy (non-hydrogen) atoms. The molecule has 5 N–H and O–H groups in total. The Morgan fingerprint density at radius 2 is 1.93 bits per heavy atom. The number of nitrogens with zero attached hydrogens (tertiary/aromatic N) is 3. The van der Waals surface area contributed by atoms with Gasteiger partial charge in [-0.15, -0.1) is 11.3 Å². The predicted molar refractivity (Wildman–Crippen MR) is 118 cm³/mol. The number of fused-ring (bicyclic) bond motifs is 1. The molecule has 0 bridgehead atoms. The summed E-state index contributed by atoms with van der Waals surface area (Å²) in [7, 11) is 0. The van der Waals surface area contributed by atoms with Crippen LogP contribution in [0.4, 0.5) is 5.82 Å². The zero-order valence-corrected chi connectivity index (χ0v) is 17.2. The maximum absolute atomic E-state index is 12.2. The number of nitrogen functional groups attached to an aromatic ring is 1. The Hall–Kier alpha value is -3.23. The average Bonchev–Trinajstić information content (AvgIpc) is 3.27. The average molecular weight is 420 g/mol. The number of aromatic nitrogens is 3. The second-order valence-electron chi connectivity index (χ2n) is 8.04. The minimum absolute atomic E-state index is 0.0560. The van der Waals surface area contributed by atoms with Crippen LogP contribution in [0.1, 0.15) is 36.2 Å². The molecule has 4 aromatic rings. The standard InChI is InChI=1S/C22H21N5O2S/c1-22(29)10-14(11-22)27-19(23)17(20(24)28)18(26-27)13-7-8-16-15(9-13)25-21(30-16)12-5-3-2-4-6-12/h2-9,14,29H,10-11,23H2,1H3,(H2,24,28). The van der Waals surface area contributed by atoms with E-state index >= 15 is 0 Å². The second kappa shape index (κ2) is 6.65. The quantitative estimate of drug-likeness (QED) is 0.467. The maximum Gasteiger partial charge on any atom is 0.254 e. The van der Waals surface area contributed by atoms with Gasteiger partial charge in [0.15, 0.2) is 0 Å². The van der Waals surface area contributed by atoms with Crippen LogP contribution in [0.2, 0.25) is 0 Å². The molecule has 1 aliphatic carbocycles. The molecule has 1 saturated carbocycles. The van der Waals surface area contributed by atoms with E-state index in [1.165, 1.54) is 0 Å². The molecule has 1 fully saturated rings. The monoisotopic (exact) mass is 419 g/mol.